The van der Waals surface area contributed by atoms with Gasteiger partial charge in [0.25, 0.3) is 5.91 Å². The van der Waals surface area contributed by atoms with Gasteiger partial charge in [0.05, 0.1) is 22.9 Å². The Morgan fingerprint density at radius 1 is 1.14 bits per heavy atom. The number of benzene rings is 2. The van der Waals surface area contributed by atoms with Crippen LogP contribution in [-0.2, 0) is 9.53 Å². The highest BCUT2D eigenvalue weighted by Gasteiger charge is 2.26. The molecule has 3 aromatic rings. The van der Waals surface area contributed by atoms with Crippen molar-refractivity contribution in [1.29, 1.82) is 0 Å². The lowest BCUT2D eigenvalue weighted by atomic mass is 10.2. The number of ether oxygens (including phenoxy) is 1. The number of aromatic nitrogens is 1. The molecule has 1 unspecified atom stereocenters. The van der Waals surface area contributed by atoms with Crippen molar-refractivity contribution in [2.75, 3.05) is 24.6 Å². The first kappa shape index (κ1) is 19.5. The Bertz CT molecular complexity index is 950. The summed E-state index contributed by atoms with van der Waals surface area (Å²) in [4.78, 5) is 31.6. The normalized spacial score (nSPS) is 16.1. The molecule has 0 radical (unpaired) electrons. The van der Waals surface area contributed by atoms with E-state index in [0.717, 1.165) is 29.7 Å². The van der Waals surface area contributed by atoms with Crippen LogP contribution in [0.15, 0.2) is 54.6 Å². The summed E-state index contributed by atoms with van der Waals surface area (Å²) < 4.78 is 6.79. The van der Waals surface area contributed by atoms with E-state index in [1.807, 2.05) is 42.5 Å². The van der Waals surface area contributed by atoms with Crippen LogP contribution >= 0.6 is 11.3 Å². The first-order valence-electron chi connectivity index (χ1n) is 9.81. The van der Waals surface area contributed by atoms with Gasteiger partial charge in [0.2, 0.25) is 5.91 Å². The van der Waals surface area contributed by atoms with E-state index in [4.69, 9.17) is 4.74 Å². The summed E-state index contributed by atoms with van der Waals surface area (Å²) in [7, 11) is 0. The van der Waals surface area contributed by atoms with Gasteiger partial charge >= 0.3 is 0 Å². The molecule has 4 rings (SSSR count). The lowest BCUT2D eigenvalue weighted by Crippen LogP contribution is -2.39. The zero-order valence-corrected chi connectivity index (χ0v) is 16.9. The highest BCUT2D eigenvalue weighted by Crippen LogP contribution is 2.30. The lowest BCUT2D eigenvalue weighted by Gasteiger charge is -2.23. The minimum atomic E-state index is -0.177. The van der Waals surface area contributed by atoms with E-state index in [9.17, 15) is 9.59 Å². The number of para-hydroxylation sites is 1. The third-order valence-electron chi connectivity index (χ3n) is 4.89. The van der Waals surface area contributed by atoms with Crippen LogP contribution in [0.3, 0.4) is 0 Å². The highest BCUT2D eigenvalue weighted by atomic mass is 32.1. The smallest absolute Gasteiger partial charge is 0.251 e. The predicted octanol–water partition coefficient (Wildman–Crippen LogP) is 3.63. The van der Waals surface area contributed by atoms with E-state index in [1.165, 1.54) is 11.3 Å². The van der Waals surface area contributed by atoms with Gasteiger partial charge in [-0.2, -0.15) is 0 Å². The number of anilines is 1. The molecule has 2 amide bonds. The number of hydrogen-bond donors (Lipinski definition) is 1. The molecule has 0 spiro atoms. The summed E-state index contributed by atoms with van der Waals surface area (Å²) in [6, 6.07) is 16.9. The van der Waals surface area contributed by atoms with Crippen molar-refractivity contribution in [2.24, 2.45) is 0 Å². The maximum Gasteiger partial charge on any atom is 0.251 e. The minimum absolute atomic E-state index is 0.0323. The largest absolute Gasteiger partial charge is 0.376 e. The van der Waals surface area contributed by atoms with Crippen molar-refractivity contribution in [1.82, 2.24) is 10.3 Å². The molecule has 1 aromatic heterocycles. The van der Waals surface area contributed by atoms with Crippen LogP contribution in [0.1, 0.15) is 29.6 Å². The number of carbonyl (C=O) groups excluding carboxylic acids is 2. The molecule has 1 saturated heterocycles. The molecule has 1 N–H and O–H groups in total. The zero-order chi connectivity index (χ0) is 20.1. The average molecular weight is 410 g/mol. The van der Waals surface area contributed by atoms with E-state index in [2.05, 4.69) is 10.3 Å². The molecule has 6 nitrogen and oxygen atoms in total. The fourth-order valence-electron chi connectivity index (χ4n) is 3.36. The van der Waals surface area contributed by atoms with E-state index in [0.29, 0.717) is 17.2 Å². The Morgan fingerprint density at radius 3 is 2.69 bits per heavy atom. The molecule has 150 valence electrons. The van der Waals surface area contributed by atoms with Gasteiger partial charge in [-0.05, 0) is 37.1 Å². The molecule has 1 atom stereocenters. The van der Waals surface area contributed by atoms with Crippen molar-refractivity contribution < 1.29 is 14.3 Å². The van der Waals surface area contributed by atoms with Crippen molar-refractivity contribution in [3.63, 3.8) is 0 Å². The van der Waals surface area contributed by atoms with Crippen LogP contribution in [0, 0.1) is 0 Å². The molecule has 0 bridgehead atoms. The second-order valence-electron chi connectivity index (χ2n) is 6.98. The third kappa shape index (κ3) is 4.81. The number of thiazole rings is 1. The van der Waals surface area contributed by atoms with Crippen LogP contribution in [-0.4, -0.2) is 42.6 Å². The van der Waals surface area contributed by atoms with Crippen LogP contribution in [0.5, 0.6) is 0 Å². The van der Waals surface area contributed by atoms with Gasteiger partial charge in [-0.3, -0.25) is 14.5 Å². The lowest BCUT2D eigenvalue weighted by molar-refractivity contribution is -0.118. The van der Waals surface area contributed by atoms with E-state index in [-0.39, 0.29) is 30.9 Å². The summed E-state index contributed by atoms with van der Waals surface area (Å²) in [5.41, 5.74) is 1.47. The van der Waals surface area contributed by atoms with Crippen molar-refractivity contribution >= 4 is 38.5 Å². The number of hydrogen-bond acceptors (Lipinski definition) is 5. The molecular formula is C22H23N3O3S. The molecule has 1 aliphatic rings. The van der Waals surface area contributed by atoms with Crippen LogP contribution in [0.4, 0.5) is 5.13 Å². The van der Waals surface area contributed by atoms with Crippen molar-refractivity contribution in [3.05, 3.63) is 60.2 Å². The van der Waals surface area contributed by atoms with Gasteiger partial charge < -0.3 is 10.1 Å². The molecule has 29 heavy (non-hydrogen) atoms. The Kier molecular flexibility index (Phi) is 6.17. The number of carbonyl (C=O) groups is 2. The fourth-order valence-corrected chi connectivity index (χ4v) is 4.36. The standard InChI is InChI=1S/C22H23N3O3S/c26-20(12-13-23-21(27)16-7-2-1-3-8-16)25(15-17-9-6-14-28-17)22-24-18-10-4-5-11-19(18)29-22/h1-5,7-8,10-11,17H,6,9,12-15H2,(H,23,27). The summed E-state index contributed by atoms with van der Waals surface area (Å²) >= 11 is 1.50. The highest BCUT2D eigenvalue weighted by molar-refractivity contribution is 7.22. The van der Waals surface area contributed by atoms with Gasteiger partial charge in [-0.1, -0.05) is 41.7 Å². The van der Waals surface area contributed by atoms with Gasteiger partial charge in [0, 0.05) is 25.1 Å². The Balaban J connectivity index is 1.43. The van der Waals surface area contributed by atoms with Crippen LogP contribution in [0.2, 0.25) is 0 Å². The average Bonchev–Trinajstić information content (AvgIpc) is 3.41. The number of fused-ring (bicyclic) bond motifs is 1. The number of rotatable bonds is 7. The van der Waals surface area contributed by atoms with E-state index in [1.54, 1.807) is 17.0 Å². The minimum Gasteiger partial charge on any atom is -0.376 e. The zero-order valence-electron chi connectivity index (χ0n) is 16.0. The second-order valence-corrected chi connectivity index (χ2v) is 7.98. The number of nitrogens with one attached hydrogen (secondary N) is 1. The SMILES string of the molecule is O=C(NCCC(=O)N(CC1CCCO1)c1nc2ccccc2s1)c1ccccc1. The fraction of sp³-hybridized carbons (Fsp3) is 0.318. The van der Waals surface area contributed by atoms with Crippen molar-refractivity contribution in [2.45, 2.75) is 25.4 Å². The van der Waals surface area contributed by atoms with Gasteiger partial charge in [0.15, 0.2) is 5.13 Å². The van der Waals surface area contributed by atoms with E-state index < -0.39 is 0 Å². The first-order valence-corrected chi connectivity index (χ1v) is 10.6. The molecule has 2 aromatic carbocycles. The predicted molar refractivity (Wildman–Crippen MR) is 114 cm³/mol. The van der Waals surface area contributed by atoms with E-state index >= 15 is 0 Å². The van der Waals surface area contributed by atoms with Gasteiger partial charge in [-0.15, -0.1) is 0 Å². The Labute approximate surface area is 173 Å². The monoisotopic (exact) mass is 409 g/mol. The Hall–Kier alpha value is -2.77. The van der Waals surface area contributed by atoms with Gasteiger partial charge in [-0.25, -0.2) is 4.98 Å². The summed E-state index contributed by atoms with van der Waals surface area (Å²) in [6.45, 7) is 1.50. The first-order chi connectivity index (χ1) is 14.2. The molecule has 1 fully saturated rings. The second kappa shape index (κ2) is 9.15. The topological polar surface area (TPSA) is 71.5 Å². The molecule has 0 saturated carbocycles. The van der Waals surface area contributed by atoms with Crippen LogP contribution in [0.25, 0.3) is 10.2 Å². The van der Waals surface area contributed by atoms with Gasteiger partial charge in [0.1, 0.15) is 0 Å². The molecular weight excluding hydrogens is 386 g/mol. The maximum absolute atomic E-state index is 13.0. The van der Waals surface area contributed by atoms with Crippen molar-refractivity contribution in [3.8, 4) is 0 Å². The molecule has 7 heteroatoms. The molecule has 2 heterocycles. The molecule has 0 aliphatic carbocycles. The number of nitrogens with zero attached hydrogens (tertiary/aromatic N) is 2. The number of amides is 2. The maximum atomic E-state index is 13.0. The third-order valence-corrected chi connectivity index (χ3v) is 5.94. The quantitative estimate of drug-likeness (QED) is 0.647. The molecule has 1 aliphatic heterocycles. The summed E-state index contributed by atoms with van der Waals surface area (Å²) in [6.07, 6.45) is 2.20. The Morgan fingerprint density at radius 2 is 1.93 bits per heavy atom. The van der Waals surface area contributed by atoms with Crippen LogP contribution < -0.4 is 10.2 Å². The summed E-state index contributed by atoms with van der Waals surface area (Å²) in [5, 5.41) is 3.50. The summed E-state index contributed by atoms with van der Waals surface area (Å²) in [5.74, 6) is -0.239.